The maximum Gasteiger partial charge on any atom is 0.234 e. The minimum absolute atomic E-state index is 0.128. The number of nitrogens with zero attached hydrogens (tertiary/aromatic N) is 4. The van der Waals surface area contributed by atoms with Crippen molar-refractivity contribution >= 4 is 46.5 Å². The van der Waals surface area contributed by atoms with Crippen molar-refractivity contribution < 1.29 is 9.53 Å². The average molecular weight is 470 g/mol. The molecule has 0 radical (unpaired) electrons. The van der Waals surface area contributed by atoms with Crippen molar-refractivity contribution in [3.8, 4) is 5.75 Å². The van der Waals surface area contributed by atoms with Gasteiger partial charge >= 0.3 is 0 Å². The summed E-state index contributed by atoms with van der Waals surface area (Å²) in [5.41, 5.74) is 1.78. The molecule has 0 atom stereocenters. The molecule has 0 spiro atoms. The van der Waals surface area contributed by atoms with Crippen LogP contribution in [0, 0.1) is 0 Å². The average Bonchev–Trinajstić information content (AvgIpc) is 2.83. The van der Waals surface area contributed by atoms with Crippen LogP contribution in [0.2, 0.25) is 5.02 Å². The van der Waals surface area contributed by atoms with Gasteiger partial charge in [0.15, 0.2) is 5.16 Å². The minimum Gasteiger partial charge on any atom is -0.495 e. The summed E-state index contributed by atoms with van der Waals surface area (Å²) in [7, 11) is 1.70. The number of amides is 1. The number of benzene rings is 2. The summed E-state index contributed by atoms with van der Waals surface area (Å²) < 4.78 is 5.50. The Balaban J connectivity index is 1.32. The lowest BCUT2D eigenvalue weighted by molar-refractivity contribution is -0.113. The van der Waals surface area contributed by atoms with Gasteiger partial charge in [-0.25, -0.2) is 9.97 Å². The van der Waals surface area contributed by atoms with Gasteiger partial charge < -0.3 is 19.9 Å². The zero-order valence-electron chi connectivity index (χ0n) is 17.7. The van der Waals surface area contributed by atoms with Crippen molar-refractivity contribution in [3.63, 3.8) is 0 Å². The molecule has 1 aromatic heterocycles. The number of nitrogens with one attached hydrogen (secondary N) is 1. The molecule has 1 fully saturated rings. The van der Waals surface area contributed by atoms with Crippen LogP contribution in [-0.4, -0.2) is 54.9 Å². The highest BCUT2D eigenvalue weighted by Crippen LogP contribution is 2.29. The van der Waals surface area contributed by atoms with Gasteiger partial charge in [0.05, 0.1) is 18.6 Å². The molecule has 0 aliphatic carbocycles. The summed E-state index contributed by atoms with van der Waals surface area (Å²) in [5.74, 6) is 1.85. The maximum atomic E-state index is 12.3. The number of methoxy groups -OCH3 is 1. The fourth-order valence-electron chi connectivity index (χ4n) is 3.54. The third kappa shape index (κ3) is 5.63. The Morgan fingerprint density at radius 2 is 1.88 bits per heavy atom. The Morgan fingerprint density at radius 1 is 1.09 bits per heavy atom. The number of piperazine rings is 1. The molecular weight excluding hydrogens is 446 g/mol. The topological polar surface area (TPSA) is 70.6 Å². The second-order valence-corrected chi connectivity index (χ2v) is 8.57. The Labute approximate surface area is 196 Å². The number of carbonyl (C=O) groups is 1. The third-order valence-electron chi connectivity index (χ3n) is 5.09. The monoisotopic (exact) mass is 469 g/mol. The predicted octanol–water partition coefficient (Wildman–Crippen LogP) is 4.20. The van der Waals surface area contributed by atoms with Gasteiger partial charge in [0.1, 0.15) is 11.6 Å². The highest BCUT2D eigenvalue weighted by Gasteiger charge is 2.21. The molecular formula is C23H24ClN5O2S. The lowest BCUT2D eigenvalue weighted by Gasteiger charge is -2.37. The maximum absolute atomic E-state index is 12.3. The summed E-state index contributed by atoms with van der Waals surface area (Å²) in [5, 5.41) is 4.00. The molecule has 1 amide bonds. The largest absolute Gasteiger partial charge is 0.495 e. The summed E-state index contributed by atoms with van der Waals surface area (Å²) in [6, 6.07) is 17.1. The Kier molecular flexibility index (Phi) is 7.34. The standard InChI is InChI=1S/C23H24ClN5O2S/c1-31-20-8-3-2-7-19(20)28-11-13-29(14-12-28)21-9-10-25-23(27-21)32-16-22(30)26-18-6-4-5-17(24)15-18/h2-10,15H,11-14,16H2,1H3,(H,26,30). The molecule has 1 aliphatic heterocycles. The van der Waals surface area contributed by atoms with Gasteiger partial charge in [-0.2, -0.15) is 0 Å². The van der Waals surface area contributed by atoms with Crippen molar-refractivity contribution in [1.82, 2.24) is 9.97 Å². The van der Waals surface area contributed by atoms with Gasteiger partial charge in [-0.15, -0.1) is 0 Å². The molecule has 0 bridgehead atoms. The summed E-state index contributed by atoms with van der Waals surface area (Å²) in [4.78, 5) is 25.8. The van der Waals surface area contributed by atoms with Gasteiger partial charge in [-0.3, -0.25) is 4.79 Å². The predicted molar refractivity (Wildman–Crippen MR) is 130 cm³/mol. The van der Waals surface area contributed by atoms with Gasteiger partial charge in [-0.1, -0.05) is 41.6 Å². The van der Waals surface area contributed by atoms with Crippen LogP contribution in [-0.2, 0) is 4.79 Å². The molecule has 7 nitrogen and oxygen atoms in total. The number of hydrogen-bond acceptors (Lipinski definition) is 7. The number of para-hydroxylation sites is 2. The number of halogens is 1. The molecule has 166 valence electrons. The normalized spacial score (nSPS) is 13.7. The van der Waals surface area contributed by atoms with E-state index in [2.05, 4.69) is 31.2 Å². The van der Waals surface area contributed by atoms with E-state index in [0.717, 1.165) is 43.4 Å². The fourth-order valence-corrected chi connectivity index (χ4v) is 4.35. The van der Waals surface area contributed by atoms with E-state index in [1.807, 2.05) is 24.3 Å². The number of thioether (sulfide) groups is 1. The van der Waals surface area contributed by atoms with E-state index in [-0.39, 0.29) is 11.7 Å². The van der Waals surface area contributed by atoms with Crippen LogP contribution < -0.4 is 19.9 Å². The molecule has 1 saturated heterocycles. The van der Waals surface area contributed by atoms with Crippen LogP contribution in [0.3, 0.4) is 0 Å². The number of hydrogen-bond donors (Lipinski definition) is 1. The third-order valence-corrected chi connectivity index (χ3v) is 6.19. The quantitative estimate of drug-likeness (QED) is 0.410. The van der Waals surface area contributed by atoms with E-state index in [0.29, 0.717) is 15.9 Å². The van der Waals surface area contributed by atoms with E-state index < -0.39 is 0 Å². The molecule has 2 heterocycles. The summed E-state index contributed by atoms with van der Waals surface area (Å²) >= 11 is 7.27. The zero-order valence-corrected chi connectivity index (χ0v) is 19.3. The first-order valence-electron chi connectivity index (χ1n) is 10.3. The second-order valence-electron chi connectivity index (χ2n) is 7.19. The van der Waals surface area contributed by atoms with Crippen LogP contribution in [0.5, 0.6) is 5.75 Å². The number of aromatic nitrogens is 2. The molecule has 4 rings (SSSR count). The first-order chi connectivity index (χ1) is 15.6. The van der Waals surface area contributed by atoms with E-state index in [4.69, 9.17) is 16.3 Å². The second kappa shape index (κ2) is 10.6. The van der Waals surface area contributed by atoms with Crippen LogP contribution in [0.1, 0.15) is 0 Å². The summed E-state index contributed by atoms with van der Waals surface area (Å²) in [6.07, 6.45) is 1.74. The zero-order chi connectivity index (χ0) is 22.3. The first-order valence-corrected chi connectivity index (χ1v) is 11.6. The molecule has 32 heavy (non-hydrogen) atoms. The van der Waals surface area contributed by atoms with Crippen molar-refractivity contribution in [2.75, 3.05) is 54.2 Å². The molecule has 9 heteroatoms. The molecule has 3 aromatic rings. The lowest BCUT2D eigenvalue weighted by Crippen LogP contribution is -2.47. The number of ether oxygens (including phenoxy) is 1. The highest BCUT2D eigenvalue weighted by molar-refractivity contribution is 7.99. The van der Waals surface area contributed by atoms with Crippen molar-refractivity contribution in [3.05, 3.63) is 65.8 Å². The number of carbonyl (C=O) groups excluding carboxylic acids is 1. The van der Waals surface area contributed by atoms with Crippen molar-refractivity contribution in [1.29, 1.82) is 0 Å². The van der Waals surface area contributed by atoms with Gasteiger partial charge in [0, 0.05) is 43.1 Å². The first kappa shape index (κ1) is 22.2. The van der Waals surface area contributed by atoms with Crippen molar-refractivity contribution in [2.24, 2.45) is 0 Å². The summed E-state index contributed by atoms with van der Waals surface area (Å²) in [6.45, 7) is 3.42. The van der Waals surface area contributed by atoms with Gasteiger partial charge in [0.25, 0.3) is 0 Å². The Hall–Kier alpha value is -2.97. The van der Waals surface area contributed by atoms with Crippen molar-refractivity contribution in [2.45, 2.75) is 5.16 Å². The van der Waals surface area contributed by atoms with Crippen LogP contribution in [0.4, 0.5) is 17.2 Å². The van der Waals surface area contributed by atoms with E-state index in [9.17, 15) is 4.79 Å². The van der Waals surface area contributed by atoms with Gasteiger partial charge in [0.2, 0.25) is 5.91 Å². The highest BCUT2D eigenvalue weighted by atomic mass is 35.5. The smallest absolute Gasteiger partial charge is 0.234 e. The molecule has 1 aliphatic rings. The Morgan fingerprint density at radius 3 is 2.66 bits per heavy atom. The molecule has 0 saturated carbocycles. The van der Waals surface area contributed by atoms with E-state index >= 15 is 0 Å². The molecule has 2 aromatic carbocycles. The van der Waals surface area contributed by atoms with Crippen LogP contribution in [0.15, 0.2) is 66.0 Å². The number of rotatable bonds is 7. The number of anilines is 3. The lowest BCUT2D eigenvalue weighted by atomic mass is 10.2. The van der Waals surface area contributed by atoms with Crippen LogP contribution >= 0.6 is 23.4 Å². The SMILES string of the molecule is COc1ccccc1N1CCN(c2ccnc(SCC(=O)Nc3cccc(Cl)c3)n2)CC1. The Bertz CT molecular complexity index is 1080. The minimum atomic E-state index is -0.128. The van der Waals surface area contributed by atoms with E-state index in [1.165, 1.54) is 11.8 Å². The van der Waals surface area contributed by atoms with Gasteiger partial charge in [-0.05, 0) is 36.4 Å². The van der Waals surface area contributed by atoms with Crippen LogP contribution in [0.25, 0.3) is 0 Å². The van der Waals surface area contributed by atoms with E-state index in [1.54, 1.807) is 37.6 Å². The molecule has 0 unspecified atom stereocenters. The fraction of sp³-hybridized carbons (Fsp3) is 0.261. The molecule has 1 N–H and O–H groups in total.